The molecule has 0 spiro atoms. The summed E-state index contributed by atoms with van der Waals surface area (Å²) in [5.74, 6) is 1.28. The van der Waals surface area contributed by atoms with Crippen LogP contribution in [-0.4, -0.2) is 34.1 Å². The molecule has 1 aromatic carbocycles. The third kappa shape index (κ3) is 4.07. The molecule has 3 rings (SSSR count). The molecule has 0 aliphatic carbocycles. The maximum Gasteiger partial charge on any atom is 0.316 e. The monoisotopic (exact) mass is 314 g/mol. The van der Waals surface area contributed by atoms with Crippen LogP contribution in [-0.2, 0) is 6.54 Å². The number of carbonyl (C=O) groups is 1. The van der Waals surface area contributed by atoms with Crippen LogP contribution in [0.5, 0.6) is 0 Å². The van der Waals surface area contributed by atoms with Crippen LogP contribution in [0.15, 0.2) is 30.5 Å². The fraction of sp³-hybridized carbons (Fsp3) is 0.438. The predicted molar refractivity (Wildman–Crippen MR) is 88.8 cm³/mol. The van der Waals surface area contributed by atoms with Crippen LogP contribution in [0.2, 0.25) is 0 Å². The number of amides is 2. The maximum atomic E-state index is 10.9. The lowest BCUT2D eigenvalue weighted by Crippen LogP contribution is -2.37. The van der Waals surface area contributed by atoms with Crippen LogP contribution >= 0.6 is 0 Å². The number of urea groups is 1. The molecule has 23 heavy (non-hydrogen) atoms. The van der Waals surface area contributed by atoms with Gasteiger partial charge in [-0.25, -0.2) is 4.79 Å². The Morgan fingerprint density at radius 1 is 1.48 bits per heavy atom. The number of carbonyl (C=O) groups excluding carboxylic acids is 1. The summed E-state index contributed by atoms with van der Waals surface area (Å²) in [6, 6.07) is 6.83. The average molecular weight is 314 g/mol. The molecule has 7 heteroatoms. The first kappa shape index (κ1) is 15.5. The van der Waals surface area contributed by atoms with Crippen LogP contribution < -0.4 is 16.4 Å². The molecule has 1 aliphatic rings. The van der Waals surface area contributed by atoms with E-state index in [1.807, 2.05) is 29.1 Å². The summed E-state index contributed by atoms with van der Waals surface area (Å²) >= 11 is 0. The lowest BCUT2D eigenvalue weighted by atomic mass is 9.92. The summed E-state index contributed by atoms with van der Waals surface area (Å²) in [6.07, 6.45) is 3.16. The van der Waals surface area contributed by atoms with Crippen molar-refractivity contribution in [2.24, 2.45) is 17.6 Å². The lowest BCUT2D eigenvalue weighted by Gasteiger charge is -2.27. The van der Waals surface area contributed by atoms with Crippen molar-refractivity contribution in [3.05, 3.63) is 30.5 Å². The Labute approximate surface area is 135 Å². The topological polar surface area (TPSA) is 97.9 Å². The Balaban J connectivity index is 1.70. The second kappa shape index (κ2) is 6.78. The van der Waals surface area contributed by atoms with Gasteiger partial charge in [0.05, 0.1) is 6.20 Å². The van der Waals surface area contributed by atoms with Gasteiger partial charge in [-0.05, 0) is 43.5 Å². The first-order valence-electron chi connectivity index (χ1n) is 7.88. The summed E-state index contributed by atoms with van der Waals surface area (Å²) in [6.45, 7) is 5.25. The van der Waals surface area contributed by atoms with Crippen molar-refractivity contribution in [3.8, 4) is 11.3 Å². The quantitative estimate of drug-likeness (QED) is 0.799. The third-order valence-corrected chi connectivity index (χ3v) is 4.07. The van der Waals surface area contributed by atoms with Crippen molar-refractivity contribution in [2.45, 2.75) is 19.9 Å². The summed E-state index contributed by atoms with van der Waals surface area (Å²) in [5.41, 5.74) is 7.48. The molecule has 2 heterocycles. The number of anilines is 1. The minimum Gasteiger partial charge on any atom is -0.351 e. The van der Waals surface area contributed by atoms with Crippen molar-refractivity contribution in [1.29, 1.82) is 0 Å². The smallest absolute Gasteiger partial charge is 0.316 e. The number of piperidine rings is 1. The van der Waals surface area contributed by atoms with Gasteiger partial charge in [0.2, 0.25) is 0 Å². The van der Waals surface area contributed by atoms with E-state index in [1.165, 1.54) is 6.42 Å². The molecule has 7 nitrogen and oxygen atoms in total. The van der Waals surface area contributed by atoms with Gasteiger partial charge in [-0.1, -0.05) is 24.3 Å². The number of rotatable bonds is 4. The second-order valence-electron chi connectivity index (χ2n) is 6.26. The second-order valence-corrected chi connectivity index (χ2v) is 6.26. The number of primary amides is 1. The molecular weight excluding hydrogens is 292 g/mol. The highest BCUT2D eigenvalue weighted by molar-refractivity contribution is 5.88. The minimum absolute atomic E-state index is 0.579. The standard InChI is InChI=1S/C16H22N6O/c1-11-5-12(8-18-7-11)9-22-10-15(20-21-22)13-3-2-4-14(6-13)19-16(17)23/h2-4,6,10-12,18H,5,7-9H2,1H3,(H3,17,19,23). The van der Waals surface area contributed by atoms with Gasteiger partial charge < -0.3 is 16.4 Å². The molecule has 0 saturated carbocycles. The molecular formula is C16H22N6O. The molecule has 1 aliphatic heterocycles. The van der Waals surface area contributed by atoms with E-state index in [2.05, 4.69) is 27.9 Å². The van der Waals surface area contributed by atoms with Crippen LogP contribution in [0.3, 0.4) is 0 Å². The predicted octanol–water partition coefficient (Wildman–Crippen LogP) is 1.68. The molecule has 1 aromatic heterocycles. The number of hydrogen-bond acceptors (Lipinski definition) is 4. The van der Waals surface area contributed by atoms with Gasteiger partial charge in [0, 0.05) is 17.8 Å². The molecule has 0 bridgehead atoms. The number of benzene rings is 1. The molecule has 2 amide bonds. The summed E-state index contributed by atoms with van der Waals surface area (Å²) < 4.78 is 1.90. The van der Waals surface area contributed by atoms with Gasteiger partial charge in [-0.3, -0.25) is 4.68 Å². The van der Waals surface area contributed by atoms with E-state index >= 15 is 0 Å². The molecule has 2 unspecified atom stereocenters. The highest BCUT2D eigenvalue weighted by Crippen LogP contribution is 2.22. The third-order valence-electron chi connectivity index (χ3n) is 4.07. The number of aromatic nitrogens is 3. The summed E-state index contributed by atoms with van der Waals surface area (Å²) in [5, 5.41) is 14.5. The van der Waals surface area contributed by atoms with Gasteiger partial charge in [-0.15, -0.1) is 5.10 Å². The normalized spacial score (nSPS) is 21.1. The highest BCUT2D eigenvalue weighted by atomic mass is 16.2. The van der Waals surface area contributed by atoms with E-state index in [4.69, 9.17) is 5.73 Å². The minimum atomic E-state index is -0.579. The fourth-order valence-electron chi connectivity index (χ4n) is 3.09. The first-order valence-corrected chi connectivity index (χ1v) is 7.88. The van der Waals surface area contributed by atoms with E-state index < -0.39 is 6.03 Å². The van der Waals surface area contributed by atoms with E-state index in [1.54, 1.807) is 6.07 Å². The first-order chi connectivity index (χ1) is 11.1. The van der Waals surface area contributed by atoms with Crippen LogP contribution in [0.25, 0.3) is 11.3 Å². The molecule has 1 saturated heterocycles. The highest BCUT2D eigenvalue weighted by Gasteiger charge is 2.19. The molecule has 2 aromatic rings. The Bertz CT molecular complexity index is 683. The Hall–Kier alpha value is -2.41. The van der Waals surface area contributed by atoms with Gasteiger partial charge in [0.15, 0.2) is 0 Å². The van der Waals surface area contributed by atoms with Crippen molar-refractivity contribution in [2.75, 3.05) is 18.4 Å². The van der Waals surface area contributed by atoms with Crippen LogP contribution in [0.4, 0.5) is 10.5 Å². The van der Waals surface area contributed by atoms with Gasteiger partial charge >= 0.3 is 6.03 Å². The molecule has 1 fully saturated rings. The van der Waals surface area contributed by atoms with Gasteiger partial charge in [-0.2, -0.15) is 0 Å². The zero-order chi connectivity index (χ0) is 16.2. The van der Waals surface area contributed by atoms with Gasteiger partial charge in [0.1, 0.15) is 5.69 Å². The molecule has 0 radical (unpaired) electrons. The number of nitrogens with two attached hydrogens (primary N) is 1. The zero-order valence-electron chi connectivity index (χ0n) is 13.2. The Kier molecular flexibility index (Phi) is 4.57. The van der Waals surface area contributed by atoms with E-state index in [0.29, 0.717) is 17.5 Å². The molecule has 122 valence electrons. The Morgan fingerprint density at radius 2 is 2.35 bits per heavy atom. The Morgan fingerprint density at radius 3 is 3.13 bits per heavy atom. The summed E-state index contributed by atoms with van der Waals surface area (Å²) in [4.78, 5) is 10.9. The maximum absolute atomic E-state index is 10.9. The van der Waals surface area contributed by atoms with E-state index in [-0.39, 0.29) is 0 Å². The lowest BCUT2D eigenvalue weighted by molar-refractivity contribution is 0.259. The average Bonchev–Trinajstić information content (AvgIpc) is 2.95. The zero-order valence-corrected chi connectivity index (χ0v) is 13.2. The number of hydrogen-bond donors (Lipinski definition) is 3. The van der Waals surface area contributed by atoms with Crippen molar-refractivity contribution in [1.82, 2.24) is 20.3 Å². The molecule has 4 N–H and O–H groups in total. The number of nitrogens with zero attached hydrogens (tertiary/aromatic N) is 3. The van der Waals surface area contributed by atoms with Crippen molar-refractivity contribution < 1.29 is 4.79 Å². The fourth-order valence-corrected chi connectivity index (χ4v) is 3.09. The van der Waals surface area contributed by atoms with Crippen LogP contribution in [0.1, 0.15) is 13.3 Å². The number of nitrogens with one attached hydrogen (secondary N) is 2. The van der Waals surface area contributed by atoms with E-state index in [9.17, 15) is 4.79 Å². The summed E-state index contributed by atoms with van der Waals surface area (Å²) in [7, 11) is 0. The van der Waals surface area contributed by atoms with Crippen LogP contribution in [0, 0.1) is 11.8 Å². The van der Waals surface area contributed by atoms with E-state index in [0.717, 1.165) is 30.9 Å². The van der Waals surface area contributed by atoms with Gasteiger partial charge in [0.25, 0.3) is 0 Å². The molecule has 2 atom stereocenters. The SMILES string of the molecule is CC1CNCC(Cn2cc(-c3cccc(NC(N)=O)c3)nn2)C1. The largest absolute Gasteiger partial charge is 0.351 e. The van der Waals surface area contributed by atoms with Crippen molar-refractivity contribution in [3.63, 3.8) is 0 Å². The van der Waals surface area contributed by atoms with Crippen molar-refractivity contribution >= 4 is 11.7 Å².